The lowest BCUT2D eigenvalue weighted by atomic mass is 10.1. The molecule has 108 valence electrons. The average Bonchev–Trinajstić information content (AvgIpc) is 2.40. The van der Waals surface area contributed by atoms with Gasteiger partial charge in [-0.2, -0.15) is 0 Å². The summed E-state index contributed by atoms with van der Waals surface area (Å²) >= 11 is 11.7. The van der Waals surface area contributed by atoms with Gasteiger partial charge in [-0.25, -0.2) is 0 Å². The standard InChI is InChI=1S/C15H11Cl2NO3/c16-10-3-6-12(13(17)8-10)15(21)18-11-4-1-9(2-5-11)7-14(19)20/h1-6,8H,7H2,(H,18,21)(H,19,20). The summed E-state index contributed by atoms with van der Waals surface area (Å²) in [7, 11) is 0. The number of halogens is 2. The number of carboxylic acids is 1. The average molecular weight is 324 g/mol. The van der Waals surface area contributed by atoms with E-state index >= 15 is 0 Å². The molecule has 0 radical (unpaired) electrons. The summed E-state index contributed by atoms with van der Waals surface area (Å²) < 4.78 is 0. The van der Waals surface area contributed by atoms with Gasteiger partial charge in [0.25, 0.3) is 5.91 Å². The third-order valence-corrected chi connectivity index (χ3v) is 3.29. The van der Waals surface area contributed by atoms with Crippen LogP contribution in [0.15, 0.2) is 42.5 Å². The normalized spacial score (nSPS) is 10.2. The number of carbonyl (C=O) groups is 2. The van der Waals surface area contributed by atoms with Crippen LogP contribution in [0.4, 0.5) is 5.69 Å². The van der Waals surface area contributed by atoms with Crippen LogP contribution in [0.3, 0.4) is 0 Å². The topological polar surface area (TPSA) is 66.4 Å². The summed E-state index contributed by atoms with van der Waals surface area (Å²) in [5.41, 5.74) is 1.53. The molecule has 0 aliphatic heterocycles. The fourth-order valence-electron chi connectivity index (χ4n) is 1.75. The molecule has 0 spiro atoms. The lowest BCUT2D eigenvalue weighted by molar-refractivity contribution is -0.136. The lowest BCUT2D eigenvalue weighted by Gasteiger charge is -2.07. The second-order valence-electron chi connectivity index (χ2n) is 4.35. The van der Waals surface area contributed by atoms with Gasteiger partial charge in [0.05, 0.1) is 17.0 Å². The molecule has 6 heteroatoms. The van der Waals surface area contributed by atoms with Crippen LogP contribution >= 0.6 is 23.2 Å². The van der Waals surface area contributed by atoms with Gasteiger partial charge in [0.1, 0.15) is 0 Å². The highest BCUT2D eigenvalue weighted by Gasteiger charge is 2.11. The van der Waals surface area contributed by atoms with Crippen LogP contribution in [0.2, 0.25) is 10.0 Å². The zero-order valence-electron chi connectivity index (χ0n) is 10.8. The molecule has 4 nitrogen and oxygen atoms in total. The Morgan fingerprint density at radius 1 is 1.05 bits per heavy atom. The van der Waals surface area contributed by atoms with E-state index in [1.165, 1.54) is 6.07 Å². The van der Waals surface area contributed by atoms with Crippen LogP contribution in [0.5, 0.6) is 0 Å². The van der Waals surface area contributed by atoms with Crippen LogP contribution in [-0.2, 0) is 11.2 Å². The number of amides is 1. The van der Waals surface area contributed by atoms with E-state index in [0.29, 0.717) is 21.8 Å². The number of rotatable bonds is 4. The number of hydrogen-bond acceptors (Lipinski definition) is 2. The molecular formula is C15H11Cl2NO3. The molecule has 0 unspecified atom stereocenters. The van der Waals surface area contributed by atoms with E-state index in [0.717, 1.165) is 0 Å². The summed E-state index contributed by atoms with van der Waals surface area (Å²) in [5.74, 6) is -1.26. The maximum atomic E-state index is 12.1. The first-order valence-electron chi connectivity index (χ1n) is 6.03. The summed E-state index contributed by atoms with van der Waals surface area (Å²) in [6.45, 7) is 0. The largest absolute Gasteiger partial charge is 0.481 e. The smallest absolute Gasteiger partial charge is 0.307 e. The predicted molar refractivity (Wildman–Crippen MR) is 82.2 cm³/mol. The van der Waals surface area contributed by atoms with E-state index < -0.39 is 5.97 Å². The van der Waals surface area contributed by atoms with Gasteiger partial charge in [0, 0.05) is 10.7 Å². The van der Waals surface area contributed by atoms with Crippen LogP contribution in [0, 0.1) is 0 Å². The summed E-state index contributed by atoms with van der Waals surface area (Å²) in [4.78, 5) is 22.7. The summed E-state index contributed by atoms with van der Waals surface area (Å²) in [6.07, 6.45) is -0.0583. The van der Waals surface area contributed by atoms with E-state index in [9.17, 15) is 9.59 Å². The molecule has 2 aromatic carbocycles. The van der Waals surface area contributed by atoms with Gasteiger partial charge in [-0.1, -0.05) is 35.3 Å². The van der Waals surface area contributed by atoms with Gasteiger partial charge in [-0.15, -0.1) is 0 Å². The highest BCUT2D eigenvalue weighted by molar-refractivity contribution is 6.37. The van der Waals surface area contributed by atoms with Crippen LogP contribution in [0.25, 0.3) is 0 Å². The van der Waals surface area contributed by atoms with E-state index in [1.807, 2.05) is 0 Å². The quantitative estimate of drug-likeness (QED) is 0.897. The van der Waals surface area contributed by atoms with Gasteiger partial charge in [-0.3, -0.25) is 9.59 Å². The molecule has 2 rings (SSSR count). The van der Waals surface area contributed by atoms with E-state index in [1.54, 1.807) is 36.4 Å². The summed E-state index contributed by atoms with van der Waals surface area (Å²) in [5, 5.41) is 12.1. The third-order valence-electron chi connectivity index (χ3n) is 2.74. The molecule has 0 saturated carbocycles. The van der Waals surface area contributed by atoms with Crippen molar-refractivity contribution >= 4 is 40.8 Å². The van der Waals surface area contributed by atoms with Crippen molar-refractivity contribution in [2.24, 2.45) is 0 Å². The molecule has 0 heterocycles. The molecule has 0 aliphatic rings. The fourth-order valence-corrected chi connectivity index (χ4v) is 2.25. The van der Waals surface area contributed by atoms with Gasteiger partial charge in [0.2, 0.25) is 0 Å². The zero-order valence-corrected chi connectivity index (χ0v) is 12.3. The Kier molecular flexibility index (Phi) is 4.83. The highest BCUT2D eigenvalue weighted by Crippen LogP contribution is 2.22. The SMILES string of the molecule is O=C(O)Cc1ccc(NC(=O)c2ccc(Cl)cc2Cl)cc1. The Hall–Kier alpha value is -2.04. The number of carbonyl (C=O) groups excluding carboxylic acids is 1. The second kappa shape index (κ2) is 6.61. The molecule has 0 aromatic heterocycles. The van der Waals surface area contributed by atoms with Gasteiger partial charge in [0.15, 0.2) is 0 Å². The number of hydrogen-bond donors (Lipinski definition) is 2. The Labute approximate surface area is 131 Å². The first-order chi connectivity index (χ1) is 9.95. The number of aliphatic carboxylic acids is 1. The summed E-state index contributed by atoms with van der Waals surface area (Å²) in [6, 6.07) is 11.2. The molecule has 0 saturated heterocycles. The van der Waals surface area contributed by atoms with Crippen LogP contribution in [-0.4, -0.2) is 17.0 Å². The Morgan fingerprint density at radius 3 is 2.29 bits per heavy atom. The zero-order chi connectivity index (χ0) is 15.4. The lowest BCUT2D eigenvalue weighted by Crippen LogP contribution is -2.12. The third kappa shape index (κ3) is 4.21. The number of anilines is 1. The molecule has 0 atom stereocenters. The Bertz CT molecular complexity index is 684. The van der Waals surface area contributed by atoms with Crippen molar-refractivity contribution < 1.29 is 14.7 Å². The van der Waals surface area contributed by atoms with Crippen molar-refractivity contribution in [1.29, 1.82) is 0 Å². The minimum atomic E-state index is -0.903. The van der Waals surface area contributed by atoms with Crippen molar-refractivity contribution in [2.75, 3.05) is 5.32 Å². The van der Waals surface area contributed by atoms with E-state index in [-0.39, 0.29) is 17.4 Å². The van der Waals surface area contributed by atoms with Crippen molar-refractivity contribution in [1.82, 2.24) is 0 Å². The first kappa shape index (κ1) is 15.4. The monoisotopic (exact) mass is 323 g/mol. The van der Waals surface area contributed by atoms with Gasteiger partial charge in [-0.05, 0) is 35.9 Å². The molecular weight excluding hydrogens is 313 g/mol. The Balaban J connectivity index is 2.10. The fraction of sp³-hybridized carbons (Fsp3) is 0.0667. The molecule has 2 aromatic rings. The van der Waals surface area contributed by atoms with E-state index in [4.69, 9.17) is 28.3 Å². The molecule has 2 N–H and O–H groups in total. The number of benzene rings is 2. The first-order valence-corrected chi connectivity index (χ1v) is 6.78. The molecule has 1 amide bonds. The minimum Gasteiger partial charge on any atom is -0.481 e. The molecule has 21 heavy (non-hydrogen) atoms. The maximum absolute atomic E-state index is 12.1. The molecule has 0 bridgehead atoms. The predicted octanol–water partition coefficient (Wildman–Crippen LogP) is 3.87. The van der Waals surface area contributed by atoms with Crippen molar-refractivity contribution in [2.45, 2.75) is 6.42 Å². The van der Waals surface area contributed by atoms with Crippen LogP contribution in [0.1, 0.15) is 15.9 Å². The van der Waals surface area contributed by atoms with Crippen molar-refractivity contribution in [3.8, 4) is 0 Å². The Morgan fingerprint density at radius 2 is 1.71 bits per heavy atom. The number of carboxylic acid groups (broad SMARTS) is 1. The maximum Gasteiger partial charge on any atom is 0.307 e. The van der Waals surface area contributed by atoms with Crippen molar-refractivity contribution in [3.63, 3.8) is 0 Å². The van der Waals surface area contributed by atoms with Crippen LogP contribution < -0.4 is 5.32 Å². The van der Waals surface area contributed by atoms with E-state index in [2.05, 4.69) is 5.32 Å². The highest BCUT2D eigenvalue weighted by atomic mass is 35.5. The second-order valence-corrected chi connectivity index (χ2v) is 5.19. The van der Waals surface area contributed by atoms with Crippen molar-refractivity contribution in [3.05, 3.63) is 63.6 Å². The molecule has 0 aliphatic carbocycles. The number of nitrogens with one attached hydrogen (secondary N) is 1. The molecule has 0 fully saturated rings. The van der Waals surface area contributed by atoms with Gasteiger partial charge >= 0.3 is 5.97 Å². The van der Waals surface area contributed by atoms with Gasteiger partial charge < -0.3 is 10.4 Å². The minimum absolute atomic E-state index is 0.0583.